The van der Waals surface area contributed by atoms with Crippen LogP contribution in [0, 0.1) is 5.92 Å². The number of hydrogen-bond donors (Lipinski definition) is 2. The Labute approximate surface area is 111 Å². The SMILES string of the molecule is CC(O)C1CCN(C(=O)c2ccc3cn[nH]c3c2)C1. The van der Waals surface area contributed by atoms with Gasteiger partial charge in [0.2, 0.25) is 0 Å². The number of aliphatic hydroxyl groups is 1. The summed E-state index contributed by atoms with van der Waals surface area (Å²) in [5, 5.41) is 17.4. The molecule has 1 aromatic heterocycles. The Morgan fingerprint density at radius 2 is 2.42 bits per heavy atom. The molecule has 2 aromatic rings. The third-order valence-electron chi connectivity index (χ3n) is 3.88. The molecule has 1 aliphatic heterocycles. The highest BCUT2D eigenvalue weighted by Gasteiger charge is 2.29. The van der Waals surface area contributed by atoms with Gasteiger partial charge in [0.05, 0.1) is 17.8 Å². The second-order valence-corrected chi connectivity index (χ2v) is 5.21. The van der Waals surface area contributed by atoms with E-state index in [1.165, 1.54) is 0 Å². The van der Waals surface area contributed by atoms with Crippen molar-refractivity contribution in [1.29, 1.82) is 0 Å². The first-order valence-electron chi connectivity index (χ1n) is 6.55. The highest BCUT2D eigenvalue weighted by atomic mass is 16.3. The Kier molecular flexibility index (Phi) is 2.98. The van der Waals surface area contributed by atoms with E-state index in [0.29, 0.717) is 12.1 Å². The third-order valence-corrected chi connectivity index (χ3v) is 3.88. The van der Waals surface area contributed by atoms with E-state index >= 15 is 0 Å². The molecular formula is C14H17N3O2. The lowest BCUT2D eigenvalue weighted by Crippen LogP contribution is -2.30. The van der Waals surface area contributed by atoms with Crippen molar-refractivity contribution in [2.75, 3.05) is 13.1 Å². The van der Waals surface area contributed by atoms with E-state index in [1.54, 1.807) is 13.1 Å². The second kappa shape index (κ2) is 4.66. The Bertz CT molecular complexity index is 606. The predicted octanol–water partition coefficient (Wildman–Crippen LogP) is 1.41. The summed E-state index contributed by atoms with van der Waals surface area (Å²) in [6, 6.07) is 5.56. The van der Waals surface area contributed by atoms with E-state index in [4.69, 9.17) is 0 Å². The number of aromatic amines is 1. The minimum absolute atomic E-state index is 0.0275. The average molecular weight is 259 g/mol. The molecule has 1 aliphatic rings. The fourth-order valence-corrected chi connectivity index (χ4v) is 2.62. The highest BCUT2D eigenvalue weighted by molar-refractivity contribution is 5.97. The standard InChI is InChI=1S/C14H17N3O2/c1-9(18)12-4-5-17(8-12)14(19)10-2-3-11-7-15-16-13(11)6-10/h2-3,6-7,9,12,18H,4-5,8H2,1H3,(H,15,16). The maximum absolute atomic E-state index is 12.4. The van der Waals surface area contributed by atoms with Crippen LogP contribution in [0.5, 0.6) is 0 Å². The van der Waals surface area contributed by atoms with Gasteiger partial charge in [0, 0.05) is 30.0 Å². The van der Waals surface area contributed by atoms with Crippen LogP contribution in [-0.2, 0) is 0 Å². The summed E-state index contributed by atoms with van der Waals surface area (Å²) in [4.78, 5) is 14.2. The zero-order valence-electron chi connectivity index (χ0n) is 10.8. The van der Waals surface area contributed by atoms with Crippen LogP contribution >= 0.6 is 0 Å². The number of hydrogen-bond acceptors (Lipinski definition) is 3. The molecule has 19 heavy (non-hydrogen) atoms. The first-order valence-corrected chi connectivity index (χ1v) is 6.55. The fraction of sp³-hybridized carbons (Fsp3) is 0.429. The number of aromatic nitrogens is 2. The smallest absolute Gasteiger partial charge is 0.253 e. The summed E-state index contributed by atoms with van der Waals surface area (Å²) >= 11 is 0. The first-order chi connectivity index (χ1) is 9.15. The van der Waals surface area contributed by atoms with Gasteiger partial charge in [-0.1, -0.05) is 6.07 Å². The van der Waals surface area contributed by atoms with E-state index in [2.05, 4.69) is 10.2 Å². The Hall–Kier alpha value is -1.88. The molecule has 1 fully saturated rings. The molecule has 0 aliphatic carbocycles. The van der Waals surface area contributed by atoms with Crippen LogP contribution in [0.1, 0.15) is 23.7 Å². The number of carbonyl (C=O) groups is 1. The van der Waals surface area contributed by atoms with E-state index in [1.807, 2.05) is 23.1 Å². The fourth-order valence-electron chi connectivity index (χ4n) is 2.62. The molecule has 2 atom stereocenters. The van der Waals surface area contributed by atoms with Crippen LogP contribution in [0.25, 0.3) is 10.9 Å². The number of benzene rings is 1. The van der Waals surface area contributed by atoms with Crippen LogP contribution in [0.15, 0.2) is 24.4 Å². The van der Waals surface area contributed by atoms with Gasteiger partial charge in [0.15, 0.2) is 0 Å². The zero-order valence-corrected chi connectivity index (χ0v) is 10.8. The van der Waals surface area contributed by atoms with Gasteiger partial charge >= 0.3 is 0 Å². The van der Waals surface area contributed by atoms with Crippen molar-refractivity contribution in [2.24, 2.45) is 5.92 Å². The predicted molar refractivity (Wildman–Crippen MR) is 71.8 cm³/mol. The normalized spacial score (nSPS) is 20.9. The molecule has 2 unspecified atom stereocenters. The van der Waals surface area contributed by atoms with Crippen LogP contribution in [0.2, 0.25) is 0 Å². The molecule has 100 valence electrons. The van der Waals surface area contributed by atoms with Crippen LogP contribution in [-0.4, -0.2) is 45.3 Å². The van der Waals surface area contributed by atoms with Crippen molar-refractivity contribution in [3.63, 3.8) is 0 Å². The summed E-state index contributed by atoms with van der Waals surface area (Å²) in [6.45, 7) is 3.14. The third kappa shape index (κ3) is 2.21. The quantitative estimate of drug-likeness (QED) is 0.856. The molecule has 1 aromatic carbocycles. The summed E-state index contributed by atoms with van der Waals surface area (Å²) in [5.41, 5.74) is 1.54. The molecule has 5 nitrogen and oxygen atoms in total. The molecule has 2 N–H and O–H groups in total. The van der Waals surface area contributed by atoms with Gasteiger partial charge in [0.1, 0.15) is 0 Å². The molecule has 0 saturated carbocycles. The lowest BCUT2D eigenvalue weighted by Gasteiger charge is -2.17. The number of rotatable bonds is 2. The van der Waals surface area contributed by atoms with Gasteiger partial charge in [-0.25, -0.2) is 0 Å². The van der Waals surface area contributed by atoms with Crippen molar-refractivity contribution in [2.45, 2.75) is 19.4 Å². The van der Waals surface area contributed by atoms with Crippen molar-refractivity contribution >= 4 is 16.8 Å². The minimum Gasteiger partial charge on any atom is -0.393 e. The monoisotopic (exact) mass is 259 g/mol. The van der Waals surface area contributed by atoms with Gasteiger partial charge in [0.25, 0.3) is 5.91 Å². The number of nitrogens with one attached hydrogen (secondary N) is 1. The number of carbonyl (C=O) groups excluding carboxylic acids is 1. The number of H-pyrrole nitrogens is 1. The van der Waals surface area contributed by atoms with Gasteiger partial charge in [-0.3, -0.25) is 9.89 Å². The van der Waals surface area contributed by atoms with E-state index < -0.39 is 0 Å². The maximum Gasteiger partial charge on any atom is 0.253 e. The van der Waals surface area contributed by atoms with E-state index in [-0.39, 0.29) is 17.9 Å². The molecule has 2 heterocycles. The van der Waals surface area contributed by atoms with Gasteiger partial charge in [-0.15, -0.1) is 0 Å². The van der Waals surface area contributed by atoms with Crippen LogP contribution in [0.3, 0.4) is 0 Å². The summed E-state index contributed by atoms with van der Waals surface area (Å²) in [6.07, 6.45) is 2.26. The second-order valence-electron chi connectivity index (χ2n) is 5.21. The average Bonchev–Trinajstić information content (AvgIpc) is 3.06. The Morgan fingerprint density at radius 3 is 3.16 bits per heavy atom. The summed E-state index contributed by atoms with van der Waals surface area (Å²) < 4.78 is 0. The van der Waals surface area contributed by atoms with Crippen LogP contribution in [0.4, 0.5) is 0 Å². The lowest BCUT2D eigenvalue weighted by atomic mass is 10.0. The van der Waals surface area contributed by atoms with Gasteiger partial charge in [-0.2, -0.15) is 5.10 Å². The first kappa shape index (κ1) is 12.2. The van der Waals surface area contributed by atoms with Crippen molar-refractivity contribution in [3.8, 4) is 0 Å². The Balaban J connectivity index is 1.80. The molecule has 0 spiro atoms. The zero-order chi connectivity index (χ0) is 13.4. The van der Waals surface area contributed by atoms with Crippen molar-refractivity contribution in [1.82, 2.24) is 15.1 Å². The topological polar surface area (TPSA) is 69.2 Å². The van der Waals surface area contributed by atoms with Gasteiger partial charge < -0.3 is 10.0 Å². The molecule has 3 rings (SSSR count). The number of amides is 1. The molecular weight excluding hydrogens is 242 g/mol. The minimum atomic E-state index is -0.354. The van der Waals surface area contributed by atoms with Crippen molar-refractivity contribution in [3.05, 3.63) is 30.0 Å². The van der Waals surface area contributed by atoms with Crippen molar-refractivity contribution < 1.29 is 9.90 Å². The van der Waals surface area contributed by atoms with E-state index in [0.717, 1.165) is 23.9 Å². The molecule has 5 heteroatoms. The maximum atomic E-state index is 12.4. The molecule has 1 saturated heterocycles. The summed E-state index contributed by atoms with van der Waals surface area (Å²) in [7, 11) is 0. The molecule has 1 amide bonds. The highest BCUT2D eigenvalue weighted by Crippen LogP contribution is 2.22. The lowest BCUT2D eigenvalue weighted by molar-refractivity contribution is 0.0762. The van der Waals surface area contributed by atoms with Crippen LogP contribution < -0.4 is 0 Å². The number of nitrogens with zero attached hydrogens (tertiary/aromatic N) is 2. The number of fused-ring (bicyclic) bond motifs is 1. The summed E-state index contributed by atoms with van der Waals surface area (Å²) in [5.74, 6) is 0.222. The largest absolute Gasteiger partial charge is 0.393 e. The Morgan fingerprint density at radius 1 is 1.58 bits per heavy atom. The number of likely N-dealkylation sites (tertiary alicyclic amines) is 1. The molecule has 0 bridgehead atoms. The molecule has 0 radical (unpaired) electrons. The van der Waals surface area contributed by atoms with Gasteiger partial charge in [-0.05, 0) is 25.5 Å². The van der Waals surface area contributed by atoms with E-state index in [9.17, 15) is 9.90 Å². The number of aliphatic hydroxyl groups excluding tert-OH is 1.